The second-order valence-electron chi connectivity index (χ2n) is 4.73. The van der Waals surface area contributed by atoms with E-state index in [4.69, 9.17) is 11.6 Å². The maximum Gasteiger partial charge on any atom is 0.238 e. The molecule has 0 bridgehead atoms. The van der Waals surface area contributed by atoms with Gasteiger partial charge in [-0.2, -0.15) is 0 Å². The van der Waals surface area contributed by atoms with E-state index in [2.05, 4.69) is 10.6 Å². The van der Waals surface area contributed by atoms with Crippen LogP contribution in [0.15, 0.2) is 18.2 Å². The summed E-state index contributed by atoms with van der Waals surface area (Å²) in [4.78, 5) is 13.9. The van der Waals surface area contributed by atoms with Crippen LogP contribution in [0.4, 0.5) is 10.1 Å². The van der Waals surface area contributed by atoms with E-state index in [9.17, 15) is 9.18 Å². The molecule has 1 aliphatic rings. The van der Waals surface area contributed by atoms with Crippen LogP contribution < -0.4 is 10.6 Å². The molecule has 0 aromatic heterocycles. The normalized spacial score (nSPS) is 17.9. The van der Waals surface area contributed by atoms with E-state index in [1.54, 1.807) is 0 Å². The summed E-state index contributed by atoms with van der Waals surface area (Å²) in [6.45, 7) is 2.18. The van der Waals surface area contributed by atoms with Crippen molar-refractivity contribution in [3.05, 3.63) is 29.0 Å². The molecule has 7 heteroatoms. The van der Waals surface area contributed by atoms with Crippen LogP contribution >= 0.6 is 24.0 Å². The SMILES string of the molecule is CN(CC(=O)Nc1ccc(F)cc1Cl)C1CCNC1.Cl. The Morgan fingerprint density at radius 2 is 2.35 bits per heavy atom. The second kappa shape index (κ2) is 7.78. The van der Waals surface area contributed by atoms with Crippen molar-refractivity contribution in [1.29, 1.82) is 0 Å². The van der Waals surface area contributed by atoms with Gasteiger partial charge >= 0.3 is 0 Å². The highest BCUT2D eigenvalue weighted by Gasteiger charge is 2.21. The van der Waals surface area contributed by atoms with Crippen molar-refractivity contribution in [2.45, 2.75) is 12.5 Å². The zero-order valence-corrected chi connectivity index (χ0v) is 12.7. The molecule has 112 valence electrons. The average molecular weight is 322 g/mol. The maximum atomic E-state index is 12.9. The van der Waals surface area contributed by atoms with Gasteiger partial charge in [0, 0.05) is 12.6 Å². The zero-order chi connectivity index (χ0) is 13.8. The van der Waals surface area contributed by atoms with Crippen LogP contribution in [-0.4, -0.2) is 43.5 Å². The van der Waals surface area contributed by atoms with Crippen LogP contribution in [-0.2, 0) is 4.79 Å². The molecular weight excluding hydrogens is 304 g/mol. The lowest BCUT2D eigenvalue weighted by Gasteiger charge is -2.22. The lowest BCUT2D eigenvalue weighted by atomic mass is 10.2. The maximum absolute atomic E-state index is 12.9. The highest BCUT2D eigenvalue weighted by Crippen LogP contribution is 2.22. The molecule has 0 spiro atoms. The number of benzene rings is 1. The Morgan fingerprint density at radius 1 is 1.60 bits per heavy atom. The minimum Gasteiger partial charge on any atom is -0.324 e. The van der Waals surface area contributed by atoms with Crippen molar-refractivity contribution in [2.24, 2.45) is 0 Å². The molecule has 0 saturated carbocycles. The number of anilines is 1. The van der Waals surface area contributed by atoms with Gasteiger partial charge in [0.1, 0.15) is 5.82 Å². The van der Waals surface area contributed by atoms with Gasteiger partial charge in [-0.25, -0.2) is 4.39 Å². The predicted octanol–water partition coefficient (Wildman–Crippen LogP) is 2.13. The molecule has 1 aromatic carbocycles. The van der Waals surface area contributed by atoms with Gasteiger partial charge in [-0.15, -0.1) is 12.4 Å². The first-order valence-corrected chi connectivity index (χ1v) is 6.60. The fourth-order valence-corrected chi connectivity index (χ4v) is 2.37. The Morgan fingerprint density at radius 3 is 2.95 bits per heavy atom. The first-order chi connectivity index (χ1) is 9.06. The van der Waals surface area contributed by atoms with E-state index in [0.717, 1.165) is 19.5 Å². The first-order valence-electron chi connectivity index (χ1n) is 6.22. The van der Waals surface area contributed by atoms with Crippen LogP contribution in [0.5, 0.6) is 0 Å². The number of carbonyl (C=O) groups excluding carboxylic acids is 1. The second-order valence-corrected chi connectivity index (χ2v) is 5.14. The first kappa shape index (κ1) is 17.2. The van der Waals surface area contributed by atoms with Crippen LogP contribution in [0.2, 0.25) is 5.02 Å². The number of halogens is 3. The van der Waals surface area contributed by atoms with Crippen molar-refractivity contribution < 1.29 is 9.18 Å². The number of likely N-dealkylation sites (N-methyl/N-ethyl adjacent to an activating group) is 1. The lowest BCUT2D eigenvalue weighted by Crippen LogP contribution is -2.39. The lowest BCUT2D eigenvalue weighted by molar-refractivity contribution is -0.117. The van der Waals surface area contributed by atoms with Gasteiger partial charge in [-0.1, -0.05) is 11.6 Å². The molecule has 1 fully saturated rings. The molecule has 1 heterocycles. The molecule has 2 rings (SSSR count). The molecule has 4 nitrogen and oxygen atoms in total. The van der Waals surface area contributed by atoms with Crippen molar-refractivity contribution in [2.75, 3.05) is 32.0 Å². The Balaban J connectivity index is 0.00000200. The number of nitrogens with one attached hydrogen (secondary N) is 2. The van der Waals surface area contributed by atoms with E-state index >= 15 is 0 Å². The van der Waals surface area contributed by atoms with Gasteiger partial charge in [0.25, 0.3) is 0 Å². The van der Waals surface area contributed by atoms with E-state index in [1.165, 1.54) is 18.2 Å². The minimum absolute atomic E-state index is 0. The Hall–Kier alpha value is -0.880. The quantitative estimate of drug-likeness (QED) is 0.893. The number of rotatable bonds is 4. The van der Waals surface area contributed by atoms with Crippen molar-refractivity contribution in [3.8, 4) is 0 Å². The van der Waals surface area contributed by atoms with Crippen LogP contribution in [0.1, 0.15) is 6.42 Å². The fraction of sp³-hybridized carbons (Fsp3) is 0.462. The molecule has 1 saturated heterocycles. The summed E-state index contributed by atoms with van der Waals surface area (Å²) in [6.07, 6.45) is 1.04. The smallest absolute Gasteiger partial charge is 0.238 e. The number of nitrogens with zero attached hydrogens (tertiary/aromatic N) is 1. The third-order valence-corrected chi connectivity index (χ3v) is 3.57. The zero-order valence-electron chi connectivity index (χ0n) is 11.2. The molecule has 1 unspecified atom stereocenters. The molecule has 1 atom stereocenters. The van der Waals surface area contributed by atoms with Gasteiger partial charge in [0.15, 0.2) is 0 Å². The highest BCUT2D eigenvalue weighted by molar-refractivity contribution is 6.33. The Labute approximate surface area is 129 Å². The van der Waals surface area contributed by atoms with E-state index in [0.29, 0.717) is 18.3 Å². The van der Waals surface area contributed by atoms with Crippen LogP contribution in [0, 0.1) is 5.82 Å². The molecule has 2 N–H and O–H groups in total. The highest BCUT2D eigenvalue weighted by atomic mass is 35.5. The van der Waals surface area contributed by atoms with Gasteiger partial charge in [0.2, 0.25) is 5.91 Å². The summed E-state index contributed by atoms with van der Waals surface area (Å²) >= 11 is 5.86. The molecular formula is C13H18Cl2FN3O. The topological polar surface area (TPSA) is 44.4 Å². The summed E-state index contributed by atoms with van der Waals surface area (Å²) in [5.41, 5.74) is 0.436. The van der Waals surface area contributed by atoms with E-state index < -0.39 is 5.82 Å². The van der Waals surface area contributed by atoms with Gasteiger partial charge in [-0.05, 0) is 38.2 Å². The summed E-state index contributed by atoms with van der Waals surface area (Å²) in [7, 11) is 1.92. The van der Waals surface area contributed by atoms with Crippen LogP contribution in [0.3, 0.4) is 0 Å². The summed E-state index contributed by atoms with van der Waals surface area (Å²) in [6, 6.07) is 4.30. The fourth-order valence-electron chi connectivity index (χ4n) is 2.15. The van der Waals surface area contributed by atoms with Crippen molar-refractivity contribution >= 4 is 35.6 Å². The summed E-state index contributed by atoms with van der Waals surface area (Å²) < 4.78 is 12.9. The van der Waals surface area contributed by atoms with Gasteiger partial charge in [-0.3, -0.25) is 9.69 Å². The number of hydrogen-bond donors (Lipinski definition) is 2. The number of hydrogen-bond acceptors (Lipinski definition) is 3. The predicted molar refractivity (Wildman–Crippen MR) is 81.2 cm³/mol. The third kappa shape index (κ3) is 4.59. The standard InChI is InChI=1S/C13H17ClFN3O.ClH/c1-18(10-4-5-16-7-10)8-13(19)17-12-3-2-9(15)6-11(12)14;/h2-3,6,10,16H,4-5,7-8H2,1H3,(H,17,19);1H. The summed E-state index contributed by atoms with van der Waals surface area (Å²) in [5, 5.41) is 6.15. The van der Waals surface area contributed by atoms with Gasteiger partial charge in [0.05, 0.1) is 17.3 Å². The van der Waals surface area contributed by atoms with E-state index in [-0.39, 0.29) is 23.3 Å². The molecule has 1 aromatic rings. The van der Waals surface area contributed by atoms with Crippen LogP contribution in [0.25, 0.3) is 0 Å². The molecule has 1 amide bonds. The monoisotopic (exact) mass is 321 g/mol. The number of carbonyl (C=O) groups is 1. The Kier molecular flexibility index (Phi) is 6.68. The third-order valence-electron chi connectivity index (χ3n) is 3.26. The molecule has 1 aliphatic heterocycles. The molecule has 0 aliphatic carbocycles. The largest absolute Gasteiger partial charge is 0.324 e. The molecule has 20 heavy (non-hydrogen) atoms. The number of amides is 1. The van der Waals surface area contributed by atoms with Gasteiger partial charge < -0.3 is 10.6 Å². The molecule has 0 radical (unpaired) electrons. The van der Waals surface area contributed by atoms with Crippen molar-refractivity contribution in [1.82, 2.24) is 10.2 Å². The minimum atomic E-state index is -0.419. The average Bonchev–Trinajstić information content (AvgIpc) is 2.86. The summed E-state index contributed by atoms with van der Waals surface area (Å²) in [5.74, 6) is -0.569. The van der Waals surface area contributed by atoms with Crippen molar-refractivity contribution in [3.63, 3.8) is 0 Å². The Bertz CT molecular complexity index is 467. The van der Waals surface area contributed by atoms with E-state index in [1.807, 2.05) is 11.9 Å².